The number of carbonyl (C=O) groups excluding carboxylic acids is 1. The van der Waals surface area contributed by atoms with E-state index in [0.29, 0.717) is 47.7 Å². The summed E-state index contributed by atoms with van der Waals surface area (Å²) in [4.78, 5) is 21.8. The van der Waals surface area contributed by atoms with Crippen LogP contribution in [0.2, 0.25) is 0 Å². The van der Waals surface area contributed by atoms with Crippen LogP contribution in [-0.2, 0) is 45.9 Å². The first-order chi connectivity index (χ1) is 25.8. The minimum absolute atomic E-state index is 0.101. The number of pyridine rings is 1. The first-order valence-electron chi connectivity index (χ1n) is 17.6. The van der Waals surface area contributed by atoms with Crippen LogP contribution in [0.5, 0.6) is 5.75 Å². The Morgan fingerprint density at radius 1 is 0.852 bits per heavy atom. The fourth-order valence-electron chi connectivity index (χ4n) is 5.09. The maximum Gasteiger partial charge on any atom is 0.338 e. The minimum Gasteiger partial charge on any atom is -0.493 e. The lowest BCUT2D eigenvalue weighted by Crippen LogP contribution is -2.20. The van der Waals surface area contributed by atoms with Crippen LogP contribution in [0.1, 0.15) is 66.9 Å². The number of imidazole rings is 1. The van der Waals surface area contributed by atoms with Crippen LogP contribution in [0.25, 0.3) is 11.0 Å². The van der Waals surface area contributed by atoms with Crippen LogP contribution < -0.4 is 4.74 Å². The van der Waals surface area contributed by atoms with Crippen LogP contribution in [0.15, 0.2) is 93.9 Å². The van der Waals surface area contributed by atoms with Crippen LogP contribution in [0.4, 0.5) is 0 Å². The van der Waals surface area contributed by atoms with Crippen molar-refractivity contribution in [3.05, 3.63) is 107 Å². The number of nitrogens with zero attached hydrogens (tertiary/aromatic N) is 3. The van der Waals surface area contributed by atoms with E-state index < -0.39 is 49.0 Å². The Morgan fingerprint density at radius 2 is 1.54 bits per heavy atom. The molecule has 0 spiro atoms. The summed E-state index contributed by atoms with van der Waals surface area (Å²) in [5.74, 6) is -0.926. The van der Waals surface area contributed by atoms with Gasteiger partial charge in [0.15, 0.2) is 9.84 Å². The number of rotatable bonds is 15. The number of carbonyl (C=O) groups is 1. The van der Waals surface area contributed by atoms with Gasteiger partial charge in [-0.2, -0.15) is 0 Å². The van der Waals surface area contributed by atoms with Crippen molar-refractivity contribution in [2.24, 2.45) is 0 Å². The predicted molar refractivity (Wildman–Crippen MR) is 211 cm³/mol. The molecular weight excluding hydrogens is 751 g/mol. The molecule has 0 N–H and O–H groups in total. The number of ether oxygens (including phenoxy) is 3. The molecule has 0 aliphatic carbocycles. The van der Waals surface area contributed by atoms with Crippen molar-refractivity contribution in [3.8, 4) is 5.75 Å². The Balaban J connectivity index is 0.00000190. The van der Waals surface area contributed by atoms with Crippen molar-refractivity contribution in [1.82, 2.24) is 13.9 Å². The maximum atomic E-state index is 14.4. The van der Waals surface area contributed by atoms with Gasteiger partial charge in [0, 0.05) is 31.9 Å². The number of benzene rings is 3. The summed E-state index contributed by atoms with van der Waals surface area (Å²) in [6, 6.07) is 18.6. The smallest absolute Gasteiger partial charge is 0.338 e. The summed E-state index contributed by atoms with van der Waals surface area (Å²) in [7, 11) is -8.60. The minimum atomic E-state index is -4.50. The normalized spacial score (nSPS) is 11.9. The average Bonchev–Trinajstić information content (AvgIpc) is 3.57. The number of sulfone groups is 1. The quantitative estimate of drug-likeness (QED) is 0.0792. The Morgan fingerprint density at radius 3 is 2.22 bits per heavy atom. The van der Waals surface area contributed by atoms with Crippen LogP contribution in [0, 0.1) is 20.8 Å². The summed E-state index contributed by atoms with van der Waals surface area (Å²) in [6.07, 6.45) is 2.21. The third-order valence-corrected chi connectivity index (χ3v) is 12.8. The molecule has 1 atom stereocenters. The molecule has 0 saturated carbocycles. The van der Waals surface area contributed by atoms with Gasteiger partial charge in [0.25, 0.3) is 10.0 Å². The highest BCUT2D eigenvalue weighted by Gasteiger charge is 2.30. The number of fused-ring (bicyclic) bond motifs is 1. The molecule has 15 heteroatoms. The van der Waals surface area contributed by atoms with E-state index in [1.165, 1.54) is 36.5 Å². The summed E-state index contributed by atoms with van der Waals surface area (Å²) >= 11 is 0. The van der Waals surface area contributed by atoms with Gasteiger partial charge in [0.1, 0.15) is 12.4 Å². The Bertz CT molecular complexity index is 2270. The molecule has 2 aromatic heterocycles. The fourth-order valence-corrected chi connectivity index (χ4v) is 9.48. The maximum absolute atomic E-state index is 14.4. The number of para-hydroxylation sites is 2. The second-order valence-corrected chi connectivity index (χ2v) is 16.7. The van der Waals surface area contributed by atoms with Gasteiger partial charge in [-0.1, -0.05) is 63.6 Å². The number of hydrogen-bond donors (Lipinski definition) is 0. The van der Waals surface area contributed by atoms with E-state index in [0.717, 1.165) is 9.54 Å². The summed E-state index contributed by atoms with van der Waals surface area (Å²) in [5.41, 5.74) is 2.74. The van der Waals surface area contributed by atoms with E-state index in [-0.39, 0.29) is 31.8 Å². The van der Waals surface area contributed by atoms with Gasteiger partial charge >= 0.3 is 5.97 Å². The molecule has 5 rings (SSSR count). The Kier molecular flexibility index (Phi) is 16.5. The van der Waals surface area contributed by atoms with Gasteiger partial charge in [-0.15, -0.1) is 0 Å². The first-order valence-corrected chi connectivity index (χ1v) is 22.0. The number of hydrogen-bond acceptors (Lipinski definition) is 11. The van der Waals surface area contributed by atoms with E-state index in [4.69, 9.17) is 14.2 Å². The third-order valence-electron chi connectivity index (χ3n) is 7.88. The highest BCUT2D eigenvalue weighted by atomic mass is 32.2. The Labute approximate surface area is 321 Å². The molecule has 1 unspecified atom stereocenters. The van der Waals surface area contributed by atoms with Crippen LogP contribution >= 0.6 is 0 Å². The van der Waals surface area contributed by atoms with Crippen molar-refractivity contribution in [2.75, 3.05) is 32.7 Å². The lowest BCUT2D eigenvalue weighted by Gasteiger charge is -2.14. The topological polar surface area (TPSA) is 161 Å². The zero-order valence-electron chi connectivity index (χ0n) is 32.0. The average molecular weight is 800 g/mol. The zero-order valence-corrected chi connectivity index (χ0v) is 34.4. The second kappa shape index (κ2) is 20.3. The van der Waals surface area contributed by atoms with Gasteiger partial charge in [-0.25, -0.2) is 30.6 Å². The highest BCUT2D eigenvalue weighted by Crippen LogP contribution is 2.29. The van der Waals surface area contributed by atoms with E-state index in [1.54, 1.807) is 63.4 Å². The highest BCUT2D eigenvalue weighted by molar-refractivity contribution is 7.91. The number of aryl methyl sites for hydroxylation is 2. The van der Waals surface area contributed by atoms with Crippen LogP contribution in [-0.4, -0.2) is 73.6 Å². The zero-order chi connectivity index (χ0) is 40.1. The standard InChI is InChI=1S/C35H37N3O9S3.2C2H6/c1-24-10-14-28(15-11-24)49(41,42)21-20-47-34(39)27-13-12-25(2)33(22-27)50(43,44)38-31-9-6-5-8-29(31)37-35(38)48(40)23-30-26(3)32(16-17-36-30)46-19-7-18-45-4;2*1-2/h5-6,8-17,22H,7,18-21,23H2,1-4H3;2*1-2H3. The summed E-state index contributed by atoms with van der Waals surface area (Å²) in [6.45, 7) is 13.7. The summed E-state index contributed by atoms with van der Waals surface area (Å²) in [5, 5.41) is -0.215. The van der Waals surface area contributed by atoms with Gasteiger partial charge < -0.3 is 14.2 Å². The molecule has 5 aromatic rings. The molecule has 0 radical (unpaired) electrons. The van der Waals surface area contributed by atoms with Crippen molar-refractivity contribution < 1.29 is 40.0 Å². The number of aromatic nitrogens is 3. The number of methoxy groups -OCH3 is 1. The lowest BCUT2D eigenvalue weighted by atomic mass is 10.1. The van der Waals surface area contributed by atoms with Gasteiger partial charge in [0.2, 0.25) is 5.16 Å². The van der Waals surface area contributed by atoms with E-state index >= 15 is 0 Å². The van der Waals surface area contributed by atoms with E-state index in [2.05, 4.69) is 9.97 Å². The third kappa shape index (κ3) is 10.6. The fraction of sp³-hybridized carbons (Fsp3) is 0.359. The van der Waals surface area contributed by atoms with Crippen molar-refractivity contribution >= 4 is 47.7 Å². The van der Waals surface area contributed by atoms with Crippen LogP contribution in [0.3, 0.4) is 0 Å². The molecule has 0 fully saturated rings. The molecule has 0 saturated heterocycles. The molecule has 0 bridgehead atoms. The van der Waals surface area contributed by atoms with Gasteiger partial charge in [0.05, 0.1) is 61.0 Å². The molecule has 0 aliphatic rings. The molecule has 0 aliphatic heterocycles. The van der Waals surface area contributed by atoms with Crippen molar-refractivity contribution in [1.29, 1.82) is 0 Å². The number of esters is 1. The molecule has 54 heavy (non-hydrogen) atoms. The molecule has 3 aromatic carbocycles. The second-order valence-electron chi connectivity index (χ2n) is 11.5. The van der Waals surface area contributed by atoms with Crippen molar-refractivity contribution in [2.45, 2.75) is 75.6 Å². The monoisotopic (exact) mass is 799 g/mol. The largest absolute Gasteiger partial charge is 0.493 e. The van der Waals surface area contributed by atoms with Gasteiger partial charge in [-0.05, 0) is 68.8 Å². The predicted octanol–water partition coefficient (Wildman–Crippen LogP) is 7.00. The Hall–Kier alpha value is -4.44. The lowest BCUT2D eigenvalue weighted by molar-refractivity contribution is 0.0529. The van der Waals surface area contributed by atoms with E-state index in [9.17, 15) is 25.8 Å². The molecule has 12 nitrogen and oxygen atoms in total. The first kappa shape index (κ1) is 44.0. The molecule has 292 valence electrons. The summed E-state index contributed by atoms with van der Waals surface area (Å²) < 4.78 is 85.3. The molecule has 0 amide bonds. The van der Waals surface area contributed by atoms with E-state index in [1.807, 2.05) is 34.6 Å². The van der Waals surface area contributed by atoms with Crippen molar-refractivity contribution in [3.63, 3.8) is 0 Å². The molecular formula is C39H49N3O9S3. The molecule has 2 heterocycles. The van der Waals surface area contributed by atoms with Gasteiger partial charge in [-0.3, -0.25) is 9.19 Å². The SMILES string of the molecule is CC.CC.COCCCOc1ccnc(CS(=O)c2nc3ccccc3n2S(=O)(=O)c2cc(C(=O)OCCS(=O)(=O)c3ccc(C)cc3)ccc2C)c1C.